The molecule has 0 heterocycles. The van der Waals surface area contributed by atoms with Crippen LogP contribution in [-0.4, -0.2) is 18.9 Å². The standard InChI is InChI=1S/C19H16FNO3/c20-18-12-16(13-22)9-10-17(18)8-4-5-11-21-19(23)24-14-15-6-2-1-3-7-15/h1-3,6-7,9-10,12-13H,5,11,14H2,(H,21,23). The van der Waals surface area contributed by atoms with E-state index in [4.69, 9.17) is 4.74 Å². The Morgan fingerprint density at radius 1 is 1.21 bits per heavy atom. The Balaban J connectivity index is 1.71. The molecule has 2 rings (SSSR count). The minimum absolute atomic E-state index is 0.201. The molecular formula is C19H16FNO3. The van der Waals surface area contributed by atoms with Crippen LogP contribution in [0, 0.1) is 17.7 Å². The summed E-state index contributed by atoms with van der Waals surface area (Å²) in [6.07, 6.45) is 0.405. The maximum atomic E-state index is 13.6. The Morgan fingerprint density at radius 3 is 2.71 bits per heavy atom. The second kappa shape index (κ2) is 9.11. The number of nitrogens with one attached hydrogen (secondary N) is 1. The van der Waals surface area contributed by atoms with Gasteiger partial charge in [0.15, 0.2) is 0 Å². The fraction of sp³-hybridized carbons (Fsp3) is 0.158. The zero-order valence-electron chi connectivity index (χ0n) is 12.9. The van der Waals surface area contributed by atoms with Crippen molar-refractivity contribution in [1.82, 2.24) is 5.32 Å². The van der Waals surface area contributed by atoms with E-state index in [-0.39, 0.29) is 17.7 Å². The fourth-order valence-corrected chi connectivity index (χ4v) is 1.86. The van der Waals surface area contributed by atoms with Crippen LogP contribution in [0.2, 0.25) is 0 Å². The van der Waals surface area contributed by atoms with E-state index in [1.807, 2.05) is 30.3 Å². The van der Waals surface area contributed by atoms with E-state index in [1.165, 1.54) is 12.1 Å². The molecule has 0 saturated heterocycles. The molecule has 0 saturated carbocycles. The van der Waals surface area contributed by atoms with Crippen LogP contribution in [0.3, 0.4) is 0 Å². The number of halogens is 1. The number of hydrogen-bond acceptors (Lipinski definition) is 3. The zero-order valence-corrected chi connectivity index (χ0v) is 12.9. The molecule has 0 radical (unpaired) electrons. The maximum absolute atomic E-state index is 13.6. The average molecular weight is 325 g/mol. The van der Waals surface area contributed by atoms with E-state index in [1.54, 1.807) is 0 Å². The first kappa shape index (κ1) is 17.2. The molecule has 0 bridgehead atoms. The SMILES string of the molecule is O=Cc1ccc(C#CCCNC(=O)OCc2ccccc2)c(F)c1. The normalized spacial score (nSPS) is 9.54. The zero-order chi connectivity index (χ0) is 17.2. The molecule has 2 aromatic rings. The first-order chi connectivity index (χ1) is 11.7. The molecule has 5 heteroatoms. The summed E-state index contributed by atoms with van der Waals surface area (Å²) in [5.74, 6) is 4.88. The minimum atomic E-state index is -0.540. The summed E-state index contributed by atoms with van der Waals surface area (Å²) in [5, 5.41) is 2.57. The molecule has 1 amide bonds. The molecule has 0 aliphatic rings. The monoisotopic (exact) mass is 325 g/mol. The van der Waals surface area contributed by atoms with Gasteiger partial charge in [-0.25, -0.2) is 9.18 Å². The van der Waals surface area contributed by atoms with E-state index in [0.717, 1.165) is 11.6 Å². The summed E-state index contributed by atoms with van der Waals surface area (Å²) in [5.41, 5.74) is 1.38. The highest BCUT2D eigenvalue weighted by atomic mass is 19.1. The van der Waals surface area contributed by atoms with Crippen molar-refractivity contribution in [3.63, 3.8) is 0 Å². The van der Waals surface area contributed by atoms with Gasteiger partial charge in [-0.05, 0) is 17.7 Å². The minimum Gasteiger partial charge on any atom is -0.445 e. The van der Waals surface area contributed by atoms with Gasteiger partial charge in [-0.15, -0.1) is 0 Å². The summed E-state index contributed by atoms with van der Waals surface area (Å²) in [7, 11) is 0. The van der Waals surface area contributed by atoms with Gasteiger partial charge in [0.2, 0.25) is 0 Å². The van der Waals surface area contributed by atoms with Crippen LogP contribution >= 0.6 is 0 Å². The van der Waals surface area contributed by atoms with Gasteiger partial charge < -0.3 is 10.1 Å². The lowest BCUT2D eigenvalue weighted by Crippen LogP contribution is -2.24. The molecule has 122 valence electrons. The van der Waals surface area contributed by atoms with Crippen LogP contribution in [0.4, 0.5) is 9.18 Å². The van der Waals surface area contributed by atoms with Crippen LogP contribution < -0.4 is 5.32 Å². The summed E-state index contributed by atoms with van der Waals surface area (Å²) >= 11 is 0. The summed E-state index contributed by atoms with van der Waals surface area (Å²) < 4.78 is 18.6. The second-order valence-electron chi connectivity index (χ2n) is 4.90. The molecule has 1 N–H and O–H groups in total. The lowest BCUT2D eigenvalue weighted by Gasteiger charge is -2.05. The van der Waals surface area contributed by atoms with Crippen molar-refractivity contribution in [2.45, 2.75) is 13.0 Å². The lowest BCUT2D eigenvalue weighted by atomic mass is 10.1. The molecule has 24 heavy (non-hydrogen) atoms. The number of aldehydes is 1. The highest BCUT2D eigenvalue weighted by molar-refractivity contribution is 5.75. The maximum Gasteiger partial charge on any atom is 0.407 e. The Kier molecular flexibility index (Phi) is 6.54. The van der Waals surface area contributed by atoms with Crippen LogP contribution in [-0.2, 0) is 11.3 Å². The molecule has 2 aromatic carbocycles. The summed E-state index contributed by atoms with van der Waals surface area (Å²) in [6.45, 7) is 0.501. The Labute approximate surface area is 139 Å². The highest BCUT2D eigenvalue weighted by Gasteiger charge is 2.01. The number of hydrogen-bond donors (Lipinski definition) is 1. The van der Waals surface area contributed by atoms with Crippen molar-refractivity contribution < 1.29 is 18.7 Å². The number of benzene rings is 2. The Bertz CT molecular complexity index is 763. The molecular weight excluding hydrogens is 309 g/mol. The lowest BCUT2D eigenvalue weighted by molar-refractivity contribution is 0.112. The van der Waals surface area contributed by atoms with E-state index >= 15 is 0 Å². The van der Waals surface area contributed by atoms with Crippen LogP contribution in [0.1, 0.15) is 27.9 Å². The first-order valence-corrected chi connectivity index (χ1v) is 7.37. The van der Waals surface area contributed by atoms with Crippen molar-refractivity contribution in [2.75, 3.05) is 6.54 Å². The molecule has 0 fully saturated rings. The molecule has 0 aromatic heterocycles. The topological polar surface area (TPSA) is 55.4 Å². The van der Waals surface area contributed by atoms with Gasteiger partial charge >= 0.3 is 6.09 Å². The Morgan fingerprint density at radius 2 is 2.00 bits per heavy atom. The predicted octanol–water partition coefficient (Wildman–Crippen LogP) is 3.31. The van der Waals surface area contributed by atoms with Gasteiger partial charge in [-0.1, -0.05) is 48.2 Å². The van der Waals surface area contributed by atoms with Crippen molar-refractivity contribution >= 4 is 12.4 Å². The van der Waals surface area contributed by atoms with Gasteiger partial charge in [-0.2, -0.15) is 0 Å². The molecule has 0 spiro atoms. The largest absolute Gasteiger partial charge is 0.445 e. The molecule has 0 aliphatic carbocycles. The third-order valence-corrected chi connectivity index (χ3v) is 3.08. The van der Waals surface area contributed by atoms with Crippen molar-refractivity contribution in [3.8, 4) is 11.8 Å². The van der Waals surface area contributed by atoms with E-state index in [9.17, 15) is 14.0 Å². The quantitative estimate of drug-likeness (QED) is 0.521. The average Bonchev–Trinajstić information content (AvgIpc) is 2.61. The van der Waals surface area contributed by atoms with Gasteiger partial charge in [0, 0.05) is 18.5 Å². The number of rotatable bonds is 5. The van der Waals surface area contributed by atoms with Gasteiger partial charge in [0.25, 0.3) is 0 Å². The molecule has 0 atom stereocenters. The van der Waals surface area contributed by atoms with Crippen LogP contribution in [0.25, 0.3) is 0 Å². The third-order valence-electron chi connectivity index (χ3n) is 3.08. The van der Waals surface area contributed by atoms with Crippen molar-refractivity contribution in [2.24, 2.45) is 0 Å². The van der Waals surface area contributed by atoms with Crippen LogP contribution in [0.15, 0.2) is 48.5 Å². The first-order valence-electron chi connectivity index (χ1n) is 7.37. The Hall–Kier alpha value is -3.13. The highest BCUT2D eigenvalue weighted by Crippen LogP contribution is 2.07. The van der Waals surface area contributed by atoms with Gasteiger partial charge in [-0.3, -0.25) is 4.79 Å². The van der Waals surface area contributed by atoms with E-state index in [2.05, 4.69) is 17.2 Å². The van der Waals surface area contributed by atoms with Gasteiger partial charge in [0.05, 0.1) is 5.56 Å². The number of carbonyl (C=O) groups excluding carboxylic acids is 2. The number of alkyl carbamates (subject to hydrolysis) is 1. The number of carbonyl (C=O) groups is 2. The second-order valence-corrected chi connectivity index (χ2v) is 4.90. The summed E-state index contributed by atoms with van der Waals surface area (Å²) in [6, 6.07) is 13.4. The van der Waals surface area contributed by atoms with Crippen LogP contribution in [0.5, 0.6) is 0 Å². The molecule has 0 aliphatic heterocycles. The summed E-state index contributed by atoms with van der Waals surface area (Å²) in [4.78, 5) is 22.0. The third kappa shape index (κ3) is 5.58. The number of amides is 1. The number of ether oxygens (including phenoxy) is 1. The smallest absolute Gasteiger partial charge is 0.407 e. The predicted molar refractivity (Wildman–Crippen MR) is 87.9 cm³/mol. The van der Waals surface area contributed by atoms with E-state index < -0.39 is 11.9 Å². The fourth-order valence-electron chi connectivity index (χ4n) is 1.86. The van der Waals surface area contributed by atoms with Gasteiger partial charge in [0.1, 0.15) is 18.7 Å². The molecule has 0 unspecified atom stereocenters. The van der Waals surface area contributed by atoms with E-state index in [0.29, 0.717) is 19.3 Å². The van der Waals surface area contributed by atoms with Crippen molar-refractivity contribution in [3.05, 3.63) is 71.0 Å². The van der Waals surface area contributed by atoms with Crippen molar-refractivity contribution in [1.29, 1.82) is 0 Å². The molecule has 4 nitrogen and oxygen atoms in total.